The molecule has 0 aliphatic carbocycles. The van der Waals surface area contributed by atoms with Crippen LogP contribution in [-0.4, -0.2) is 22.8 Å². The highest BCUT2D eigenvalue weighted by molar-refractivity contribution is 7.98. The fourth-order valence-electron chi connectivity index (χ4n) is 2.23. The number of benzene rings is 1. The molecule has 0 atom stereocenters. The van der Waals surface area contributed by atoms with Crippen molar-refractivity contribution in [1.82, 2.24) is 9.97 Å². The van der Waals surface area contributed by atoms with Crippen LogP contribution in [0, 0.1) is 0 Å². The van der Waals surface area contributed by atoms with Crippen molar-refractivity contribution in [2.75, 3.05) is 18.1 Å². The van der Waals surface area contributed by atoms with Crippen LogP contribution in [0.15, 0.2) is 34.0 Å². The van der Waals surface area contributed by atoms with E-state index < -0.39 is 0 Å². The van der Waals surface area contributed by atoms with Gasteiger partial charge in [0.05, 0.1) is 5.56 Å². The summed E-state index contributed by atoms with van der Waals surface area (Å²) in [4.78, 5) is 20.6. The minimum Gasteiger partial charge on any atom is -0.370 e. The van der Waals surface area contributed by atoms with Gasteiger partial charge in [-0.15, -0.1) is 11.8 Å². The SMILES string of the molecule is CSc1ccc(-c2nc3c(c(=O)[nH]2)CCCN3)cc1. The second kappa shape index (κ2) is 5.09. The van der Waals surface area contributed by atoms with Crippen LogP contribution < -0.4 is 10.9 Å². The molecule has 0 unspecified atom stereocenters. The van der Waals surface area contributed by atoms with Gasteiger partial charge in [0.2, 0.25) is 0 Å². The maximum atomic E-state index is 12.0. The van der Waals surface area contributed by atoms with Gasteiger partial charge >= 0.3 is 0 Å². The molecule has 2 N–H and O–H groups in total. The van der Waals surface area contributed by atoms with Gasteiger partial charge in [0.1, 0.15) is 11.6 Å². The topological polar surface area (TPSA) is 57.8 Å². The number of fused-ring (bicyclic) bond motifs is 1. The van der Waals surface area contributed by atoms with Crippen molar-refractivity contribution in [3.8, 4) is 11.4 Å². The van der Waals surface area contributed by atoms with E-state index in [9.17, 15) is 4.79 Å². The smallest absolute Gasteiger partial charge is 0.256 e. The lowest BCUT2D eigenvalue weighted by atomic mass is 10.1. The Morgan fingerprint density at radius 2 is 2.05 bits per heavy atom. The second-order valence-corrected chi connectivity index (χ2v) is 5.38. The highest BCUT2D eigenvalue weighted by atomic mass is 32.2. The van der Waals surface area contributed by atoms with Crippen LogP contribution in [0.4, 0.5) is 5.82 Å². The summed E-state index contributed by atoms with van der Waals surface area (Å²) in [5.74, 6) is 1.37. The summed E-state index contributed by atoms with van der Waals surface area (Å²) in [5.41, 5.74) is 1.68. The highest BCUT2D eigenvalue weighted by Crippen LogP contribution is 2.22. The Morgan fingerprint density at radius 1 is 1.26 bits per heavy atom. The maximum Gasteiger partial charge on any atom is 0.256 e. The average Bonchev–Trinajstić information content (AvgIpc) is 2.47. The van der Waals surface area contributed by atoms with Crippen molar-refractivity contribution in [3.05, 3.63) is 40.2 Å². The zero-order valence-electron chi connectivity index (χ0n) is 10.7. The van der Waals surface area contributed by atoms with E-state index in [1.54, 1.807) is 11.8 Å². The summed E-state index contributed by atoms with van der Waals surface area (Å²) in [6.07, 6.45) is 3.83. The van der Waals surface area contributed by atoms with Gasteiger partial charge in [-0.25, -0.2) is 4.98 Å². The maximum absolute atomic E-state index is 12.0. The van der Waals surface area contributed by atoms with E-state index in [0.717, 1.165) is 36.3 Å². The molecule has 0 radical (unpaired) electrons. The molecule has 0 saturated carbocycles. The van der Waals surface area contributed by atoms with Crippen LogP contribution in [0.5, 0.6) is 0 Å². The molecule has 0 bridgehead atoms. The fraction of sp³-hybridized carbons (Fsp3) is 0.286. The van der Waals surface area contributed by atoms with Crippen molar-refractivity contribution >= 4 is 17.6 Å². The monoisotopic (exact) mass is 273 g/mol. The number of hydrogen-bond acceptors (Lipinski definition) is 4. The van der Waals surface area contributed by atoms with Gasteiger partial charge in [0, 0.05) is 17.0 Å². The zero-order valence-corrected chi connectivity index (χ0v) is 11.5. The van der Waals surface area contributed by atoms with Crippen LogP contribution in [0.1, 0.15) is 12.0 Å². The average molecular weight is 273 g/mol. The first-order chi connectivity index (χ1) is 9.28. The Labute approximate surface area is 115 Å². The number of aromatic amines is 1. The van der Waals surface area contributed by atoms with E-state index >= 15 is 0 Å². The summed E-state index contributed by atoms with van der Waals surface area (Å²) in [7, 11) is 0. The molecule has 1 aromatic carbocycles. The predicted molar refractivity (Wildman–Crippen MR) is 78.9 cm³/mol. The Kier molecular flexibility index (Phi) is 3.29. The molecule has 0 spiro atoms. The Balaban J connectivity index is 2.05. The van der Waals surface area contributed by atoms with Crippen molar-refractivity contribution in [2.45, 2.75) is 17.7 Å². The van der Waals surface area contributed by atoms with E-state index in [1.165, 1.54) is 4.90 Å². The molecular formula is C14H15N3OS. The molecule has 0 amide bonds. The summed E-state index contributed by atoms with van der Waals surface area (Å²) < 4.78 is 0. The number of H-pyrrole nitrogens is 1. The van der Waals surface area contributed by atoms with E-state index in [1.807, 2.05) is 30.5 Å². The van der Waals surface area contributed by atoms with Crippen molar-refractivity contribution in [1.29, 1.82) is 0 Å². The molecule has 98 valence electrons. The van der Waals surface area contributed by atoms with Crippen molar-refractivity contribution in [2.24, 2.45) is 0 Å². The molecule has 4 nitrogen and oxygen atoms in total. The first-order valence-corrected chi connectivity index (χ1v) is 7.52. The highest BCUT2D eigenvalue weighted by Gasteiger charge is 2.15. The largest absolute Gasteiger partial charge is 0.370 e. The van der Waals surface area contributed by atoms with Crippen LogP contribution in [0.25, 0.3) is 11.4 Å². The standard InChI is InChI=1S/C14H15N3OS/c1-19-10-6-4-9(5-7-10)12-16-13-11(14(18)17-12)3-2-8-15-13/h4-7H,2-3,8H2,1H3,(H2,15,16,17,18). The van der Waals surface area contributed by atoms with Gasteiger partial charge in [-0.3, -0.25) is 4.79 Å². The first-order valence-electron chi connectivity index (χ1n) is 6.29. The molecule has 2 aromatic rings. The number of aromatic nitrogens is 2. The van der Waals surface area contributed by atoms with Gasteiger partial charge < -0.3 is 10.3 Å². The minimum atomic E-state index is -0.0267. The summed E-state index contributed by atoms with van der Waals surface area (Å²) in [6, 6.07) is 8.04. The normalized spacial score (nSPS) is 13.7. The molecule has 1 aliphatic rings. The number of hydrogen-bond donors (Lipinski definition) is 2. The minimum absolute atomic E-state index is 0.0267. The second-order valence-electron chi connectivity index (χ2n) is 4.50. The van der Waals surface area contributed by atoms with Gasteiger partial charge in [-0.05, 0) is 31.2 Å². The van der Waals surface area contributed by atoms with Gasteiger partial charge in [-0.1, -0.05) is 12.1 Å². The summed E-state index contributed by atoms with van der Waals surface area (Å²) in [6.45, 7) is 0.883. The molecular weight excluding hydrogens is 258 g/mol. The Morgan fingerprint density at radius 3 is 2.79 bits per heavy atom. The number of thioether (sulfide) groups is 1. The zero-order chi connectivity index (χ0) is 13.2. The third-order valence-corrected chi connectivity index (χ3v) is 4.02. The molecule has 2 heterocycles. The number of nitrogens with one attached hydrogen (secondary N) is 2. The van der Waals surface area contributed by atoms with Gasteiger partial charge in [0.25, 0.3) is 5.56 Å². The van der Waals surface area contributed by atoms with Crippen LogP contribution in [0.3, 0.4) is 0 Å². The summed E-state index contributed by atoms with van der Waals surface area (Å²) >= 11 is 1.69. The number of anilines is 1. The predicted octanol–water partition coefficient (Wildman–Crippen LogP) is 2.52. The quantitative estimate of drug-likeness (QED) is 0.826. The van der Waals surface area contributed by atoms with E-state index in [2.05, 4.69) is 15.3 Å². The molecule has 1 aromatic heterocycles. The van der Waals surface area contributed by atoms with E-state index in [-0.39, 0.29) is 5.56 Å². The van der Waals surface area contributed by atoms with Gasteiger partial charge in [0.15, 0.2) is 0 Å². The van der Waals surface area contributed by atoms with Crippen LogP contribution in [0.2, 0.25) is 0 Å². The third-order valence-electron chi connectivity index (χ3n) is 3.27. The molecule has 0 saturated heterocycles. The lowest BCUT2D eigenvalue weighted by Gasteiger charge is -2.16. The fourth-order valence-corrected chi connectivity index (χ4v) is 2.64. The number of nitrogens with zero attached hydrogens (tertiary/aromatic N) is 1. The molecule has 3 rings (SSSR count). The third kappa shape index (κ3) is 2.38. The van der Waals surface area contributed by atoms with Crippen molar-refractivity contribution in [3.63, 3.8) is 0 Å². The van der Waals surface area contributed by atoms with Crippen LogP contribution >= 0.6 is 11.8 Å². The van der Waals surface area contributed by atoms with Gasteiger partial charge in [-0.2, -0.15) is 0 Å². The Bertz CT molecular complexity index is 649. The first kappa shape index (κ1) is 12.3. The van der Waals surface area contributed by atoms with Crippen molar-refractivity contribution < 1.29 is 0 Å². The molecule has 1 aliphatic heterocycles. The lowest BCUT2D eigenvalue weighted by Crippen LogP contribution is -2.24. The lowest BCUT2D eigenvalue weighted by molar-refractivity contribution is 0.800. The molecule has 5 heteroatoms. The molecule has 0 fully saturated rings. The summed E-state index contributed by atoms with van der Waals surface area (Å²) in [5, 5.41) is 3.20. The number of rotatable bonds is 2. The molecule has 19 heavy (non-hydrogen) atoms. The van der Waals surface area contributed by atoms with Crippen LogP contribution in [-0.2, 0) is 6.42 Å². The van der Waals surface area contributed by atoms with E-state index in [4.69, 9.17) is 0 Å². The Hall–Kier alpha value is -1.75. The van der Waals surface area contributed by atoms with E-state index in [0.29, 0.717) is 5.82 Å².